The first-order valence-electron chi connectivity index (χ1n) is 6.40. The maximum absolute atomic E-state index is 11.2. The molecule has 0 aliphatic heterocycles. The van der Waals surface area contributed by atoms with Gasteiger partial charge in [0.05, 0.1) is 0 Å². The molecule has 0 bridgehead atoms. The number of carboxylic acid groups (broad SMARTS) is 1. The molecule has 1 rings (SSSR count). The van der Waals surface area contributed by atoms with Crippen LogP contribution in [0.3, 0.4) is 0 Å². The zero-order valence-corrected chi connectivity index (χ0v) is 11.7. The number of rotatable bonds is 6. The molecular weight excluding hydrogens is 226 g/mol. The SMILES string of the molecule is CCCc1ccc(CN(C)C(C)(C)C(=O)O)cc1. The van der Waals surface area contributed by atoms with E-state index >= 15 is 0 Å². The maximum Gasteiger partial charge on any atom is 0.323 e. The summed E-state index contributed by atoms with van der Waals surface area (Å²) in [6, 6.07) is 8.42. The van der Waals surface area contributed by atoms with Crippen molar-refractivity contribution in [3.05, 3.63) is 35.4 Å². The number of nitrogens with zero attached hydrogens (tertiary/aromatic N) is 1. The van der Waals surface area contributed by atoms with Gasteiger partial charge in [0.15, 0.2) is 0 Å². The summed E-state index contributed by atoms with van der Waals surface area (Å²) >= 11 is 0. The Morgan fingerprint density at radius 1 is 1.22 bits per heavy atom. The van der Waals surface area contributed by atoms with Crippen molar-refractivity contribution >= 4 is 5.97 Å². The summed E-state index contributed by atoms with van der Waals surface area (Å²) in [5.74, 6) is -0.799. The summed E-state index contributed by atoms with van der Waals surface area (Å²) in [7, 11) is 1.84. The first-order valence-corrected chi connectivity index (χ1v) is 6.40. The highest BCUT2D eigenvalue weighted by molar-refractivity contribution is 5.77. The van der Waals surface area contributed by atoms with Gasteiger partial charge in [-0.1, -0.05) is 37.6 Å². The van der Waals surface area contributed by atoms with Crippen molar-refractivity contribution < 1.29 is 9.90 Å². The monoisotopic (exact) mass is 249 g/mol. The number of likely N-dealkylation sites (N-methyl/N-ethyl adjacent to an activating group) is 1. The van der Waals surface area contributed by atoms with Gasteiger partial charge >= 0.3 is 5.97 Å². The van der Waals surface area contributed by atoms with Crippen LogP contribution in [0.15, 0.2) is 24.3 Å². The minimum atomic E-state index is -0.845. The van der Waals surface area contributed by atoms with Gasteiger partial charge in [-0.25, -0.2) is 0 Å². The second-order valence-electron chi connectivity index (χ2n) is 5.29. The lowest BCUT2D eigenvalue weighted by Crippen LogP contribution is -2.47. The fourth-order valence-corrected chi connectivity index (χ4v) is 1.73. The molecule has 0 aromatic heterocycles. The van der Waals surface area contributed by atoms with Crippen LogP contribution < -0.4 is 0 Å². The highest BCUT2D eigenvalue weighted by atomic mass is 16.4. The predicted molar refractivity (Wildman–Crippen MR) is 73.6 cm³/mol. The summed E-state index contributed by atoms with van der Waals surface area (Å²) in [4.78, 5) is 13.0. The Hall–Kier alpha value is -1.35. The molecule has 0 aliphatic rings. The third-order valence-electron chi connectivity index (χ3n) is 3.46. The molecule has 0 unspecified atom stereocenters. The number of hydrogen-bond acceptors (Lipinski definition) is 2. The van der Waals surface area contributed by atoms with E-state index in [1.807, 2.05) is 11.9 Å². The first kappa shape index (κ1) is 14.7. The Balaban J connectivity index is 2.70. The van der Waals surface area contributed by atoms with Crippen LogP contribution in [0.25, 0.3) is 0 Å². The van der Waals surface area contributed by atoms with Gasteiger partial charge in [-0.05, 0) is 38.4 Å². The Labute approximate surface area is 109 Å². The Bertz CT molecular complexity index is 395. The smallest absolute Gasteiger partial charge is 0.323 e. The van der Waals surface area contributed by atoms with Crippen molar-refractivity contribution in [1.29, 1.82) is 0 Å². The quantitative estimate of drug-likeness (QED) is 0.842. The molecule has 0 aliphatic carbocycles. The van der Waals surface area contributed by atoms with Gasteiger partial charge in [0.2, 0.25) is 0 Å². The van der Waals surface area contributed by atoms with Crippen LogP contribution in [0, 0.1) is 0 Å². The van der Waals surface area contributed by atoms with Crippen LogP contribution in [-0.2, 0) is 17.8 Å². The van der Waals surface area contributed by atoms with Gasteiger partial charge in [0.1, 0.15) is 5.54 Å². The zero-order valence-electron chi connectivity index (χ0n) is 11.7. The molecule has 1 N–H and O–H groups in total. The normalized spacial score (nSPS) is 11.8. The highest BCUT2D eigenvalue weighted by Crippen LogP contribution is 2.16. The molecule has 3 heteroatoms. The molecule has 0 saturated heterocycles. The number of carboxylic acids is 1. The molecular formula is C15H23NO2. The predicted octanol–water partition coefficient (Wildman–Crippen LogP) is 2.93. The third kappa shape index (κ3) is 3.57. The summed E-state index contributed by atoms with van der Waals surface area (Å²) in [6.07, 6.45) is 2.24. The van der Waals surface area contributed by atoms with E-state index in [0.717, 1.165) is 18.4 Å². The average molecular weight is 249 g/mol. The van der Waals surface area contributed by atoms with Crippen LogP contribution in [0.4, 0.5) is 0 Å². The molecule has 0 radical (unpaired) electrons. The molecule has 0 heterocycles. The number of benzene rings is 1. The van der Waals surface area contributed by atoms with E-state index in [9.17, 15) is 4.79 Å². The fourth-order valence-electron chi connectivity index (χ4n) is 1.73. The molecule has 0 fully saturated rings. The lowest BCUT2D eigenvalue weighted by Gasteiger charge is -2.31. The Morgan fingerprint density at radius 2 is 1.72 bits per heavy atom. The zero-order chi connectivity index (χ0) is 13.8. The van der Waals surface area contributed by atoms with Crippen molar-refractivity contribution in [2.45, 2.75) is 45.7 Å². The standard InChI is InChI=1S/C15H23NO2/c1-5-6-12-7-9-13(10-8-12)11-16(4)15(2,3)14(17)18/h7-10H,5-6,11H2,1-4H3,(H,17,18). The van der Waals surface area contributed by atoms with Crippen LogP contribution in [0.1, 0.15) is 38.3 Å². The van der Waals surface area contributed by atoms with E-state index in [-0.39, 0.29) is 0 Å². The number of aryl methyl sites for hydroxylation is 1. The van der Waals surface area contributed by atoms with E-state index in [1.165, 1.54) is 5.56 Å². The van der Waals surface area contributed by atoms with Crippen LogP contribution in [0.5, 0.6) is 0 Å². The van der Waals surface area contributed by atoms with Crippen molar-refractivity contribution in [2.24, 2.45) is 0 Å². The largest absolute Gasteiger partial charge is 0.480 e. The van der Waals surface area contributed by atoms with Gasteiger partial charge in [-0.2, -0.15) is 0 Å². The minimum Gasteiger partial charge on any atom is -0.480 e. The molecule has 18 heavy (non-hydrogen) atoms. The second-order valence-corrected chi connectivity index (χ2v) is 5.29. The van der Waals surface area contributed by atoms with Crippen LogP contribution in [-0.4, -0.2) is 28.6 Å². The summed E-state index contributed by atoms with van der Waals surface area (Å²) in [5.41, 5.74) is 1.63. The van der Waals surface area contributed by atoms with E-state index in [4.69, 9.17) is 5.11 Å². The third-order valence-corrected chi connectivity index (χ3v) is 3.46. The summed E-state index contributed by atoms with van der Waals surface area (Å²) in [5, 5.41) is 9.16. The van der Waals surface area contributed by atoms with Gasteiger partial charge in [-0.15, -0.1) is 0 Å². The molecule has 0 atom stereocenters. The average Bonchev–Trinajstić information content (AvgIpc) is 2.31. The molecule has 100 valence electrons. The number of hydrogen-bond donors (Lipinski definition) is 1. The number of carbonyl (C=O) groups is 1. The molecule has 0 spiro atoms. The van der Waals surface area contributed by atoms with E-state index in [2.05, 4.69) is 31.2 Å². The molecule has 1 aromatic rings. The highest BCUT2D eigenvalue weighted by Gasteiger charge is 2.31. The van der Waals surface area contributed by atoms with Crippen LogP contribution >= 0.6 is 0 Å². The van der Waals surface area contributed by atoms with Crippen molar-refractivity contribution in [2.75, 3.05) is 7.05 Å². The Kier molecular flexibility index (Phi) is 4.91. The fraction of sp³-hybridized carbons (Fsp3) is 0.533. The molecule has 0 amide bonds. The van der Waals surface area contributed by atoms with E-state index in [1.54, 1.807) is 13.8 Å². The van der Waals surface area contributed by atoms with Gasteiger partial charge < -0.3 is 5.11 Å². The first-order chi connectivity index (χ1) is 8.37. The van der Waals surface area contributed by atoms with Crippen molar-refractivity contribution in [1.82, 2.24) is 4.90 Å². The van der Waals surface area contributed by atoms with Crippen molar-refractivity contribution in [3.8, 4) is 0 Å². The summed E-state index contributed by atoms with van der Waals surface area (Å²) in [6.45, 7) is 6.25. The maximum atomic E-state index is 11.2. The van der Waals surface area contributed by atoms with E-state index in [0.29, 0.717) is 6.54 Å². The van der Waals surface area contributed by atoms with Crippen molar-refractivity contribution in [3.63, 3.8) is 0 Å². The lowest BCUT2D eigenvalue weighted by atomic mass is 10.0. The molecule has 3 nitrogen and oxygen atoms in total. The van der Waals surface area contributed by atoms with Crippen LogP contribution in [0.2, 0.25) is 0 Å². The molecule has 1 aromatic carbocycles. The van der Waals surface area contributed by atoms with Gasteiger partial charge in [0.25, 0.3) is 0 Å². The summed E-state index contributed by atoms with van der Waals surface area (Å²) < 4.78 is 0. The topological polar surface area (TPSA) is 40.5 Å². The van der Waals surface area contributed by atoms with E-state index < -0.39 is 11.5 Å². The second kappa shape index (κ2) is 6.01. The minimum absolute atomic E-state index is 0.645. The van der Waals surface area contributed by atoms with Gasteiger partial charge in [0, 0.05) is 6.54 Å². The number of aliphatic carboxylic acids is 1. The Morgan fingerprint density at radius 3 is 2.17 bits per heavy atom. The van der Waals surface area contributed by atoms with Gasteiger partial charge in [-0.3, -0.25) is 9.69 Å². The molecule has 0 saturated carbocycles. The lowest BCUT2D eigenvalue weighted by molar-refractivity contribution is -0.148.